The molecule has 1 unspecified atom stereocenters. The highest BCUT2D eigenvalue weighted by Crippen LogP contribution is 2.37. The van der Waals surface area contributed by atoms with Gasteiger partial charge in [-0.2, -0.15) is 0 Å². The molecule has 1 fully saturated rings. The van der Waals surface area contributed by atoms with Gasteiger partial charge in [0.05, 0.1) is 6.61 Å². The van der Waals surface area contributed by atoms with Crippen LogP contribution in [-0.2, 0) is 6.42 Å². The Morgan fingerprint density at radius 3 is 2.95 bits per heavy atom. The molecule has 0 saturated heterocycles. The summed E-state index contributed by atoms with van der Waals surface area (Å²) < 4.78 is 5.79. The lowest BCUT2D eigenvalue weighted by Gasteiger charge is -2.20. The highest BCUT2D eigenvalue weighted by molar-refractivity contribution is 5.45. The third-order valence-corrected chi connectivity index (χ3v) is 4.66. The second-order valence-electron chi connectivity index (χ2n) is 5.88. The smallest absolute Gasteiger partial charge is 0.127 e. The van der Waals surface area contributed by atoms with E-state index in [0.29, 0.717) is 0 Å². The van der Waals surface area contributed by atoms with E-state index >= 15 is 0 Å². The minimum atomic E-state index is 0.230. The first-order chi connectivity index (χ1) is 9.38. The van der Waals surface area contributed by atoms with E-state index in [1.54, 1.807) is 0 Å². The topological polar surface area (TPSA) is 47.3 Å². The summed E-state index contributed by atoms with van der Waals surface area (Å²) in [5.74, 6) is 7.77. The number of rotatable bonds is 5. The largest absolute Gasteiger partial charge is 0.493 e. The first-order valence-corrected chi connectivity index (χ1v) is 7.59. The summed E-state index contributed by atoms with van der Waals surface area (Å²) in [7, 11) is 0. The van der Waals surface area contributed by atoms with Gasteiger partial charge in [0, 0.05) is 18.0 Å². The summed E-state index contributed by atoms with van der Waals surface area (Å²) in [6.07, 6.45) is 9.05. The minimum absolute atomic E-state index is 0.230. The lowest BCUT2D eigenvalue weighted by atomic mass is 9.93. The maximum atomic E-state index is 5.79. The van der Waals surface area contributed by atoms with Crippen molar-refractivity contribution in [2.45, 2.75) is 51.0 Å². The molecule has 104 valence electrons. The fourth-order valence-electron chi connectivity index (χ4n) is 3.55. The molecule has 3 N–H and O–H groups in total. The highest BCUT2D eigenvalue weighted by Gasteiger charge is 2.23. The summed E-state index contributed by atoms with van der Waals surface area (Å²) in [5, 5.41) is 0. The zero-order valence-electron chi connectivity index (χ0n) is 11.5. The molecule has 3 nitrogen and oxygen atoms in total. The van der Waals surface area contributed by atoms with Crippen molar-refractivity contribution in [2.75, 3.05) is 6.61 Å². The minimum Gasteiger partial charge on any atom is -0.493 e. The Bertz CT molecular complexity index is 427. The number of hydrazine groups is 1. The Morgan fingerprint density at radius 2 is 2.16 bits per heavy atom. The number of fused-ring (bicyclic) bond motifs is 1. The Kier molecular flexibility index (Phi) is 4.04. The van der Waals surface area contributed by atoms with E-state index < -0.39 is 0 Å². The molecule has 1 aromatic rings. The summed E-state index contributed by atoms with van der Waals surface area (Å²) in [6.45, 7) is 0.812. The standard InChI is InChI=1S/C16H24N2O/c17-18-15(9-8-12-4-1-2-5-12)14-7-3-6-13-10-11-19-16(13)14/h3,6-7,12,15,18H,1-2,4-5,8-11,17H2. The Morgan fingerprint density at radius 1 is 1.32 bits per heavy atom. The zero-order chi connectivity index (χ0) is 13.1. The molecule has 2 aliphatic rings. The van der Waals surface area contributed by atoms with Crippen LogP contribution in [0.3, 0.4) is 0 Å². The van der Waals surface area contributed by atoms with Crippen LogP contribution in [0.5, 0.6) is 5.75 Å². The van der Waals surface area contributed by atoms with Crippen molar-refractivity contribution in [2.24, 2.45) is 11.8 Å². The number of benzene rings is 1. The number of ether oxygens (including phenoxy) is 1. The lowest BCUT2D eigenvalue weighted by molar-refractivity contribution is 0.343. The molecule has 0 amide bonds. The summed E-state index contributed by atoms with van der Waals surface area (Å²) >= 11 is 0. The van der Waals surface area contributed by atoms with Crippen molar-refractivity contribution in [3.05, 3.63) is 29.3 Å². The van der Waals surface area contributed by atoms with Gasteiger partial charge in [0.15, 0.2) is 0 Å². The van der Waals surface area contributed by atoms with E-state index in [1.165, 1.54) is 43.2 Å². The third kappa shape index (κ3) is 2.77. The van der Waals surface area contributed by atoms with Crippen molar-refractivity contribution in [1.82, 2.24) is 5.43 Å². The van der Waals surface area contributed by atoms with E-state index in [2.05, 4.69) is 23.6 Å². The van der Waals surface area contributed by atoms with E-state index in [1.807, 2.05) is 0 Å². The van der Waals surface area contributed by atoms with E-state index in [4.69, 9.17) is 10.6 Å². The van der Waals surface area contributed by atoms with Crippen LogP contribution in [0.25, 0.3) is 0 Å². The zero-order valence-corrected chi connectivity index (χ0v) is 11.5. The maximum Gasteiger partial charge on any atom is 0.127 e. The fraction of sp³-hybridized carbons (Fsp3) is 0.625. The Hall–Kier alpha value is -1.06. The van der Waals surface area contributed by atoms with Gasteiger partial charge in [0.25, 0.3) is 0 Å². The predicted octanol–water partition coefficient (Wildman–Crippen LogP) is 3.10. The van der Waals surface area contributed by atoms with Gasteiger partial charge in [-0.3, -0.25) is 11.3 Å². The lowest BCUT2D eigenvalue weighted by Crippen LogP contribution is -2.28. The molecular weight excluding hydrogens is 236 g/mol. The van der Waals surface area contributed by atoms with E-state index in [-0.39, 0.29) is 6.04 Å². The third-order valence-electron chi connectivity index (χ3n) is 4.66. The number of nitrogens with one attached hydrogen (secondary N) is 1. The molecule has 1 heterocycles. The van der Waals surface area contributed by atoms with Crippen LogP contribution in [0.15, 0.2) is 18.2 Å². The molecule has 1 aromatic carbocycles. The van der Waals surface area contributed by atoms with Crippen LogP contribution < -0.4 is 16.0 Å². The fourth-order valence-corrected chi connectivity index (χ4v) is 3.55. The SMILES string of the molecule is NNC(CCC1CCCC1)c1cccc2c1OCC2. The predicted molar refractivity (Wildman–Crippen MR) is 76.9 cm³/mol. The molecule has 1 saturated carbocycles. The first kappa shape index (κ1) is 12.9. The average molecular weight is 260 g/mol. The highest BCUT2D eigenvalue weighted by atomic mass is 16.5. The van der Waals surface area contributed by atoms with Crippen LogP contribution in [0.4, 0.5) is 0 Å². The van der Waals surface area contributed by atoms with Gasteiger partial charge in [-0.1, -0.05) is 43.9 Å². The van der Waals surface area contributed by atoms with Gasteiger partial charge in [0.1, 0.15) is 5.75 Å². The van der Waals surface area contributed by atoms with Crippen LogP contribution >= 0.6 is 0 Å². The van der Waals surface area contributed by atoms with Gasteiger partial charge in [-0.15, -0.1) is 0 Å². The molecule has 0 aromatic heterocycles. The molecule has 0 bridgehead atoms. The van der Waals surface area contributed by atoms with Crippen LogP contribution in [0.1, 0.15) is 55.7 Å². The molecular formula is C16H24N2O. The number of hydrogen-bond acceptors (Lipinski definition) is 3. The number of nitrogens with two attached hydrogens (primary N) is 1. The van der Waals surface area contributed by atoms with Crippen LogP contribution in [0, 0.1) is 5.92 Å². The van der Waals surface area contributed by atoms with Crippen molar-refractivity contribution < 1.29 is 4.74 Å². The molecule has 3 rings (SSSR count). The molecule has 0 spiro atoms. The first-order valence-electron chi connectivity index (χ1n) is 7.59. The van der Waals surface area contributed by atoms with Gasteiger partial charge in [-0.25, -0.2) is 0 Å². The van der Waals surface area contributed by atoms with Gasteiger partial charge in [0.2, 0.25) is 0 Å². The van der Waals surface area contributed by atoms with Crippen molar-refractivity contribution in [1.29, 1.82) is 0 Å². The van der Waals surface area contributed by atoms with E-state index in [9.17, 15) is 0 Å². The second kappa shape index (κ2) is 5.93. The van der Waals surface area contributed by atoms with Crippen molar-refractivity contribution in [3.63, 3.8) is 0 Å². The summed E-state index contributed by atoms with van der Waals surface area (Å²) in [4.78, 5) is 0. The van der Waals surface area contributed by atoms with Gasteiger partial charge < -0.3 is 4.74 Å². The quantitative estimate of drug-likeness (QED) is 0.631. The van der Waals surface area contributed by atoms with Crippen molar-refractivity contribution in [3.8, 4) is 5.75 Å². The average Bonchev–Trinajstić information content (AvgIpc) is 3.10. The molecule has 3 heteroatoms. The van der Waals surface area contributed by atoms with E-state index in [0.717, 1.165) is 31.1 Å². The molecule has 19 heavy (non-hydrogen) atoms. The normalized spacial score (nSPS) is 20.3. The number of hydrogen-bond donors (Lipinski definition) is 2. The Labute approximate surface area is 115 Å². The second-order valence-corrected chi connectivity index (χ2v) is 5.88. The summed E-state index contributed by atoms with van der Waals surface area (Å²) in [6, 6.07) is 6.68. The summed E-state index contributed by atoms with van der Waals surface area (Å²) in [5.41, 5.74) is 5.57. The van der Waals surface area contributed by atoms with Crippen LogP contribution in [0.2, 0.25) is 0 Å². The van der Waals surface area contributed by atoms with Gasteiger partial charge >= 0.3 is 0 Å². The Balaban J connectivity index is 1.69. The van der Waals surface area contributed by atoms with Gasteiger partial charge in [-0.05, 0) is 24.3 Å². The molecule has 1 aliphatic carbocycles. The maximum absolute atomic E-state index is 5.79. The monoisotopic (exact) mass is 260 g/mol. The molecule has 1 aliphatic heterocycles. The molecule has 0 radical (unpaired) electrons. The van der Waals surface area contributed by atoms with Crippen molar-refractivity contribution >= 4 is 0 Å². The van der Waals surface area contributed by atoms with Crippen LogP contribution in [-0.4, -0.2) is 6.61 Å². The molecule has 1 atom stereocenters. The number of para-hydroxylation sites is 1.